The van der Waals surface area contributed by atoms with Crippen molar-refractivity contribution in [3.05, 3.63) is 71.8 Å². The number of hydrogen-bond donors (Lipinski definition) is 1. The lowest BCUT2D eigenvalue weighted by Gasteiger charge is -2.51. The fraction of sp³-hybridized carbons (Fsp3) is 0.478. The molecule has 7 rings (SSSR count). The van der Waals surface area contributed by atoms with Gasteiger partial charge in [-0.2, -0.15) is 0 Å². The summed E-state index contributed by atoms with van der Waals surface area (Å²) in [6.45, 7) is 0. The lowest BCUT2D eigenvalue weighted by molar-refractivity contribution is -0.257. The first kappa shape index (κ1) is 15.4. The molecule has 1 heterocycles. The van der Waals surface area contributed by atoms with Crippen molar-refractivity contribution in [1.29, 1.82) is 0 Å². The van der Waals surface area contributed by atoms with Crippen LogP contribution in [0.2, 0.25) is 0 Å². The van der Waals surface area contributed by atoms with E-state index in [1.807, 2.05) is 36.4 Å². The van der Waals surface area contributed by atoms with E-state index < -0.39 is 17.6 Å². The summed E-state index contributed by atoms with van der Waals surface area (Å²) in [6, 6.07) is 20.3. The number of ether oxygens (including phenoxy) is 1. The molecule has 2 aromatic carbocycles. The van der Waals surface area contributed by atoms with Crippen LogP contribution in [0.15, 0.2) is 60.7 Å². The van der Waals surface area contributed by atoms with Crippen LogP contribution in [-0.2, 0) is 10.3 Å². The Kier molecular flexibility index (Phi) is 2.93. The van der Waals surface area contributed by atoms with Gasteiger partial charge in [-0.25, -0.2) is 4.39 Å². The summed E-state index contributed by atoms with van der Waals surface area (Å²) in [7, 11) is 0. The molecule has 0 aromatic heterocycles. The summed E-state index contributed by atoms with van der Waals surface area (Å²) < 4.78 is 22.0. The van der Waals surface area contributed by atoms with E-state index in [1.54, 1.807) is 0 Å². The first-order chi connectivity index (χ1) is 12.7. The topological polar surface area (TPSA) is 29.5 Å². The third kappa shape index (κ3) is 1.61. The van der Waals surface area contributed by atoms with Crippen LogP contribution >= 0.6 is 0 Å². The molecule has 4 aliphatic carbocycles. The van der Waals surface area contributed by atoms with Crippen LogP contribution in [0.4, 0.5) is 4.39 Å². The summed E-state index contributed by atoms with van der Waals surface area (Å²) in [5.74, 6) is -0.988. The predicted octanol–water partition coefficient (Wildman–Crippen LogP) is 4.28. The molecular formula is C23H23FO2. The number of alkyl halides is 1. The third-order valence-electron chi connectivity index (χ3n) is 7.80. The molecule has 4 bridgehead atoms. The molecule has 2 aromatic rings. The summed E-state index contributed by atoms with van der Waals surface area (Å²) in [4.78, 5) is 0. The third-order valence-corrected chi connectivity index (χ3v) is 7.80. The Hall–Kier alpha value is -1.71. The molecule has 1 saturated heterocycles. The fourth-order valence-corrected chi connectivity index (χ4v) is 7.06. The van der Waals surface area contributed by atoms with Crippen molar-refractivity contribution < 1.29 is 14.2 Å². The molecule has 3 heteroatoms. The average molecular weight is 350 g/mol. The Morgan fingerprint density at radius 1 is 0.846 bits per heavy atom. The number of fused-ring (bicyclic) bond motifs is 1. The summed E-state index contributed by atoms with van der Waals surface area (Å²) >= 11 is 0. The first-order valence-corrected chi connectivity index (χ1v) is 9.84. The molecule has 0 amide bonds. The van der Waals surface area contributed by atoms with E-state index in [9.17, 15) is 5.11 Å². The minimum Gasteiger partial charge on any atom is -0.363 e. The van der Waals surface area contributed by atoms with Crippen LogP contribution < -0.4 is 0 Å². The molecule has 26 heavy (non-hydrogen) atoms. The number of hydrogen-bond acceptors (Lipinski definition) is 2. The summed E-state index contributed by atoms with van der Waals surface area (Å²) in [6.07, 6.45) is 1.76. The molecule has 1 N–H and O–H groups in total. The maximum Gasteiger partial charge on any atom is 0.202 e. The van der Waals surface area contributed by atoms with Crippen LogP contribution in [-0.4, -0.2) is 17.1 Å². The van der Waals surface area contributed by atoms with Gasteiger partial charge in [-0.1, -0.05) is 60.7 Å². The maximum atomic E-state index is 15.4. The van der Waals surface area contributed by atoms with Crippen LogP contribution in [0, 0.1) is 29.6 Å². The van der Waals surface area contributed by atoms with Gasteiger partial charge >= 0.3 is 0 Å². The maximum absolute atomic E-state index is 15.4. The van der Waals surface area contributed by atoms with Gasteiger partial charge in [0.25, 0.3) is 0 Å². The van der Waals surface area contributed by atoms with Crippen molar-refractivity contribution in [2.24, 2.45) is 29.6 Å². The number of rotatable bonds is 2. The Labute approximate surface area is 153 Å². The van der Waals surface area contributed by atoms with Crippen molar-refractivity contribution in [2.45, 2.75) is 36.8 Å². The molecule has 134 valence electrons. The lowest BCUT2D eigenvalue weighted by atomic mass is 9.53. The Bertz CT molecular complexity index is 798. The highest BCUT2D eigenvalue weighted by atomic mass is 19.1. The van der Waals surface area contributed by atoms with Crippen LogP contribution in [0.1, 0.15) is 30.4 Å². The Morgan fingerprint density at radius 2 is 1.46 bits per heavy atom. The van der Waals surface area contributed by atoms with E-state index >= 15 is 4.39 Å². The van der Waals surface area contributed by atoms with Crippen LogP contribution in [0.3, 0.4) is 0 Å². The highest BCUT2D eigenvalue weighted by Crippen LogP contribution is 2.73. The number of benzene rings is 2. The Balaban J connectivity index is 1.64. The lowest BCUT2D eigenvalue weighted by Crippen LogP contribution is -2.49. The van der Waals surface area contributed by atoms with Gasteiger partial charge in [0.1, 0.15) is 5.60 Å². The minimum atomic E-state index is -1.65. The molecular weight excluding hydrogens is 327 g/mol. The quantitative estimate of drug-likeness (QED) is 0.876. The second kappa shape index (κ2) is 4.96. The van der Waals surface area contributed by atoms with Gasteiger partial charge in [0.15, 0.2) is 6.17 Å². The molecule has 5 fully saturated rings. The van der Waals surface area contributed by atoms with Crippen molar-refractivity contribution in [3.8, 4) is 0 Å². The zero-order valence-corrected chi connectivity index (χ0v) is 14.6. The van der Waals surface area contributed by atoms with Gasteiger partial charge in [0.2, 0.25) is 5.79 Å². The van der Waals surface area contributed by atoms with Crippen LogP contribution in [0.25, 0.3) is 0 Å². The second-order valence-corrected chi connectivity index (χ2v) is 8.68. The van der Waals surface area contributed by atoms with Gasteiger partial charge in [0, 0.05) is 11.8 Å². The van der Waals surface area contributed by atoms with Crippen molar-refractivity contribution >= 4 is 0 Å². The summed E-state index contributed by atoms with van der Waals surface area (Å²) in [5, 5.41) is 11.5. The van der Waals surface area contributed by atoms with Gasteiger partial charge in [-0.15, -0.1) is 0 Å². The number of aliphatic hydroxyl groups is 1. The van der Waals surface area contributed by atoms with Gasteiger partial charge < -0.3 is 9.84 Å². The van der Waals surface area contributed by atoms with E-state index in [0.717, 1.165) is 30.4 Å². The fourth-order valence-electron chi connectivity index (χ4n) is 7.06. The molecule has 4 saturated carbocycles. The van der Waals surface area contributed by atoms with E-state index in [2.05, 4.69) is 24.3 Å². The van der Waals surface area contributed by atoms with Gasteiger partial charge in [-0.3, -0.25) is 0 Å². The highest BCUT2D eigenvalue weighted by Gasteiger charge is 2.78. The smallest absolute Gasteiger partial charge is 0.202 e. The molecule has 0 spiro atoms. The average Bonchev–Trinajstić information content (AvgIpc) is 3.10. The normalized spacial score (nSPS) is 44.4. The molecule has 0 unspecified atom stereocenters. The highest BCUT2D eigenvalue weighted by molar-refractivity contribution is 5.42. The van der Waals surface area contributed by atoms with Crippen molar-refractivity contribution in [2.75, 3.05) is 0 Å². The molecule has 1 aliphatic heterocycles. The van der Waals surface area contributed by atoms with Crippen molar-refractivity contribution in [1.82, 2.24) is 0 Å². The zero-order chi connectivity index (χ0) is 17.5. The largest absolute Gasteiger partial charge is 0.363 e. The molecule has 2 nitrogen and oxygen atoms in total. The van der Waals surface area contributed by atoms with Gasteiger partial charge in [-0.05, 0) is 48.1 Å². The molecule has 7 atom stereocenters. The Morgan fingerprint density at radius 3 is 2.08 bits per heavy atom. The summed E-state index contributed by atoms with van der Waals surface area (Å²) in [5.41, 5.74) is 1.31. The van der Waals surface area contributed by atoms with E-state index in [0.29, 0.717) is 5.92 Å². The monoisotopic (exact) mass is 350 g/mol. The van der Waals surface area contributed by atoms with Gasteiger partial charge in [0.05, 0.1) is 0 Å². The van der Waals surface area contributed by atoms with E-state index in [4.69, 9.17) is 4.74 Å². The second-order valence-electron chi connectivity index (χ2n) is 8.68. The number of halogens is 1. The molecule has 0 radical (unpaired) electrons. The SMILES string of the molecule is O[C@@]12OC(c3ccccc3)(c3ccccc3)[C@H]3[C@@H]4CC[C@@H]([C@@H](C4)[C@H]1F)[C@H]32. The zero-order valence-electron chi connectivity index (χ0n) is 14.6. The van der Waals surface area contributed by atoms with E-state index in [-0.39, 0.29) is 23.7 Å². The first-order valence-electron chi connectivity index (χ1n) is 9.84. The predicted molar refractivity (Wildman–Crippen MR) is 95.9 cm³/mol. The van der Waals surface area contributed by atoms with Crippen LogP contribution in [0.5, 0.6) is 0 Å². The van der Waals surface area contributed by atoms with E-state index in [1.165, 1.54) is 0 Å². The standard InChI is InChI=1S/C23H23FO2/c24-21-18-13-14-11-12-17(18)20-19(14)22(26-23(20,21)25,15-7-3-1-4-8-15)16-9-5-2-6-10-16/h1-10,14,17-21,25H,11-13H2/t14-,17+,18-,19+,20-,21-,23+/m1/s1. The minimum absolute atomic E-state index is 0.0236. The molecule has 5 aliphatic rings. The van der Waals surface area contributed by atoms with Crippen molar-refractivity contribution in [3.63, 3.8) is 0 Å².